The van der Waals surface area contributed by atoms with E-state index < -0.39 is 0 Å². The first-order valence-electron chi connectivity index (χ1n) is 15.7. The summed E-state index contributed by atoms with van der Waals surface area (Å²) in [5.41, 5.74) is 2.64. The van der Waals surface area contributed by atoms with Gasteiger partial charge in [-0.15, -0.1) is 0 Å². The van der Waals surface area contributed by atoms with E-state index in [4.69, 9.17) is 4.74 Å². The first-order valence-corrected chi connectivity index (χ1v) is 15.7. The molecule has 0 spiro atoms. The summed E-state index contributed by atoms with van der Waals surface area (Å²) in [6.07, 6.45) is 16.3. The number of rotatable bonds is 6. The van der Waals surface area contributed by atoms with E-state index in [0.29, 0.717) is 46.5 Å². The highest BCUT2D eigenvalue weighted by atomic mass is 16.5. The molecule has 0 bridgehead atoms. The summed E-state index contributed by atoms with van der Waals surface area (Å²) in [6.45, 7) is 14.2. The van der Waals surface area contributed by atoms with Crippen molar-refractivity contribution in [2.24, 2.45) is 45.8 Å². The van der Waals surface area contributed by atoms with Crippen LogP contribution in [-0.2, 0) is 9.53 Å². The van der Waals surface area contributed by atoms with Gasteiger partial charge in [-0.2, -0.15) is 0 Å². The van der Waals surface area contributed by atoms with Crippen LogP contribution in [0.1, 0.15) is 112 Å². The van der Waals surface area contributed by atoms with Gasteiger partial charge in [-0.05, 0) is 123 Å². The summed E-state index contributed by atoms with van der Waals surface area (Å²) in [5, 5.41) is 10.3. The van der Waals surface area contributed by atoms with E-state index in [-0.39, 0.29) is 6.10 Å². The zero-order valence-corrected chi connectivity index (χ0v) is 24.7. The number of hydrogen-bond acceptors (Lipinski definition) is 3. The van der Waals surface area contributed by atoms with E-state index in [1.807, 2.05) is 0 Å². The molecule has 5 rings (SSSR count). The lowest BCUT2D eigenvalue weighted by molar-refractivity contribution is -0.134. The Balaban J connectivity index is 1.21. The highest BCUT2D eigenvalue weighted by molar-refractivity contribution is 5.76. The van der Waals surface area contributed by atoms with Crippen LogP contribution in [0.4, 0.5) is 0 Å². The maximum Gasteiger partial charge on any atom is 0.222 e. The minimum atomic E-state index is -0.125. The lowest BCUT2D eigenvalue weighted by Gasteiger charge is -2.63. The van der Waals surface area contributed by atoms with Crippen LogP contribution < -0.4 is 0 Å². The number of ether oxygens (including phenoxy) is 1. The lowest BCUT2D eigenvalue weighted by Crippen LogP contribution is -2.55. The van der Waals surface area contributed by atoms with Gasteiger partial charge in [0.15, 0.2) is 0 Å². The molecule has 0 radical (unpaired) electrons. The van der Waals surface area contributed by atoms with Gasteiger partial charge in [0, 0.05) is 26.6 Å². The van der Waals surface area contributed by atoms with E-state index in [9.17, 15) is 9.90 Å². The molecule has 0 aromatic heterocycles. The molecule has 210 valence electrons. The Bertz CT molecular complexity index is 877. The molecule has 1 unspecified atom stereocenters. The molecule has 5 aliphatic rings. The standard InChI is InChI=1S/C33H55NO3/c1-22(7-10-30(36)34-19-14-24(15-20-34)23(2)37-6)27-12-17-33(5)29-9-8-25-21-26(35)11-16-31(25,3)28(29)13-18-32(27,33)4/h8,22-24,26-29,35H,7,9-21H2,1-6H3/t22-,23?,26+,27-,28+,29-,31+,32-,33+/m1/s1. The number of carbonyl (C=O) groups is 1. The van der Waals surface area contributed by atoms with Crippen molar-refractivity contribution in [2.45, 2.75) is 124 Å². The molecule has 1 saturated heterocycles. The van der Waals surface area contributed by atoms with Crippen molar-refractivity contribution in [2.75, 3.05) is 20.2 Å². The van der Waals surface area contributed by atoms with Crippen molar-refractivity contribution in [3.8, 4) is 0 Å². The number of fused-ring (bicyclic) bond motifs is 5. The van der Waals surface area contributed by atoms with Crippen LogP contribution in [0.25, 0.3) is 0 Å². The monoisotopic (exact) mass is 513 g/mol. The summed E-state index contributed by atoms with van der Waals surface area (Å²) in [7, 11) is 1.80. The zero-order chi connectivity index (χ0) is 26.6. The Hall–Kier alpha value is -0.870. The number of aliphatic hydroxyl groups excluding tert-OH is 1. The maximum absolute atomic E-state index is 13.1. The van der Waals surface area contributed by atoms with Gasteiger partial charge in [-0.25, -0.2) is 0 Å². The number of hydrogen-bond donors (Lipinski definition) is 1. The number of likely N-dealkylation sites (tertiary alicyclic amines) is 1. The van der Waals surface area contributed by atoms with E-state index >= 15 is 0 Å². The predicted octanol–water partition coefficient (Wildman–Crippen LogP) is 7.01. The van der Waals surface area contributed by atoms with Gasteiger partial charge in [0.05, 0.1) is 12.2 Å². The molecule has 1 amide bonds. The topological polar surface area (TPSA) is 49.8 Å². The summed E-state index contributed by atoms with van der Waals surface area (Å²) < 4.78 is 5.53. The predicted molar refractivity (Wildman–Crippen MR) is 150 cm³/mol. The number of allylic oxidation sites excluding steroid dienone is 1. The number of carbonyl (C=O) groups excluding carboxylic acids is 1. The highest BCUT2D eigenvalue weighted by Crippen LogP contribution is 2.72. The first-order chi connectivity index (χ1) is 17.5. The normalized spacial score (nSPS) is 43.9. The summed E-state index contributed by atoms with van der Waals surface area (Å²) in [5.74, 6) is 3.84. The smallest absolute Gasteiger partial charge is 0.222 e. The molecular formula is C33H55NO3. The second-order valence-electron chi connectivity index (χ2n) is 14.7. The van der Waals surface area contributed by atoms with Crippen LogP contribution >= 0.6 is 0 Å². The van der Waals surface area contributed by atoms with E-state index in [2.05, 4.69) is 45.6 Å². The largest absolute Gasteiger partial charge is 0.393 e. The Morgan fingerprint density at radius 2 is 1.73 bits per heavy atom. The molecule has 37 heavy (non-hydrogen) atoms. The van der Waals surface area contributed by atoms with Gasteiger partial charge >= 0.3 is 0 Å². The molecule has 1 N–H and O–H groups in total. The van der Waals surface area contributed by atoms with Crippen LogP contribution in [0.3, 0.4) is 0 Å². The number of amides is 1. The molecule has 1 aliphatic heterocycles. The van der Waals surface area contributed by atoms with Crippen LogP contribution in [0, 0.1) is 45.8 Å². The van der Waals surface area contributed by atoms with Gasteiger partial charge in [-0.3, -0.25) is 4.79 Å². The van der Waals surface area contributed by atoms with Gasteiger partial charge < -0.3 is 14.7 Å². The lowest BCUT2D eigenvalue weighted by atomic mass is 9.42. The minimum Gasteiger partial charge on any atom is -0.393 e. The minimum absolute atomic E-state index is 0.125. The SMILES string of the molecule is COC(C)C1CCN(C(=O)CC[C@@H](C)[C@H]2CC[C@@]3(C)[C@@H]4CC=C5C[C@@H](O)CC[C@]5(C)[C@H]4CC[C@]23C)CC1. The molecular weight excluding hydrogens is 458 g/mol. The number of methoxy groups -OCH3 is 1. The Kier molecular flexibility index (Phi) is 7.68. The van der Waals surface area contributed by atoms with Crippen molar-refractivity contribution in [3.05, 3.63) is 11.6 Å². The fourth-order valence-electron chi connectivity index (χ4n) is 10.5. The molecule has 0 aromatic rings. The second-order valence-corrected chi connectivity index (χ2v) is 14.7. The molecule has 3 saturated carbocycles. The Morgan fingerprint density at radius 3 is 2.43 bits per heavy atom. The molecule has 4 nitrogen and oxygen atoms in total. The average molecular weight is 514 g/mol. The van der Waals surface area contributed by atoms with E-state index in [1.165, 1.54) is 32.1 Å². The van der Waals surface area contributed by atoms with Gasteiger partial charge in [0.25, 0.3) is 0 Å². The third-order valence-corrected chi connectivity index (χ3v) is 13.4. The number of piperidine rings is 1. The van der Waals surface area contributed by atoms with Gasteiger partial charge in [0.1, 0.15) is 0 Å². The molecule has 9 atom stereocenters. The van der Waals surface area contributed by atoms with Crippen LogP contribution in [0.15, 0.2) is 11.6 Å². The third kappa shape index (κ3) is 4.54. The summed E-state index contributed by atoms with van der Waals surface area (Å²) in [6, 6.07) is 0. The Morgan fingerprint density at radius 1 is 1.03 bits per heavy atom. The van der Waals surface area contributed by atoms with Crippen LogP contribution in [-0.4, -0.2) is 48.3 Å². The van der Waals surface area contributed by atoms with Crippen molar-refractivity contribution >= 4 is 5.91 Å². The van der Waals surface area contributed by atoms with Crippen molar-refractivity contribution in [1.82, 2.24) is 4.90 Å². The zero-order valence-electron chi connectivity index (χ0n) is 24.7. The molecule has 4 aliphatic carbocycles. The maximum atomic E-state index is 13.1. The first kappa shape index (κ1) is 27.7. The molecule has 4 heteroatoms. The number of nitrogens with zero attached hydrogens (tertiary/aromatic N) is 1. The summed E-state index contributed by atoms with van der Waals surface area (Å²) >= 11 is 0. The van der Waals surface area contributed by atoms with Crippen LogP contribution in [0.2, 0.25) is 0 Å². The van der Waals surface area contributed by atoms with Crippen LogP contribution in [0.5, 0.6) is 0 Å². The highest BCUT2D eigenvalue weighted by Gasteiger charge is 2.64. The average Bonchev–Trinajstić information content (AvgIpc) is 3.18. The quantitative estimate of drug-likeness (QED) is 0.389. The van der Waals surface area contributed by atoms with E-state index in [0.717, 1.165) is 69.4 Å². The van der Waals surface area contributed by atoms with Crippen molar-refractivity contribution in [3.63, 3.8) is 0 Å². The van der Waals surface area contributed by atoms with E-state index in [1.54, 1.807) is 12.7 Å². The number of aliphatic hydroxyl groups is 1. The fourth-order valence-corrected chi connectivity index (χ4v) is 10.5. The Labute approximate surface area is 227 Å². The molecule has 1 heterocycles. The summed E-state index contributed by atoms with van der Waals surface area (Å²) in [4.78, 5) is 15.3. The molecule has 4 fully saturated rings. The molecule has 0 aromatic carbocycles. The second kappa shape index (κ2) is 10.3. The third-order valence-electron chi connectivity index (χ3n) is 13.4. The van der Waals surface area contributed by atoms with Gasteiger partial charge in [-0.1, -0.05) is 39.3 Å². The fraction of sp³-hybridized carbons (Fsp3) is 0.909. The van der Waals surface area contributed by atoms with Crippen molar-refractivity contribution in [1.29, 1.82) is 0 Å². The van der Waals surface area contributed by atoms with Crippen molar-refractivity contribution < 1.29 is 14.6 Å². The van der Waals surface area contributed by atoms with Gasteiger partial charge in [0.2, 0.25) is 5.91 Å².